The normalized spacial score (nSPS) is 24.8. The average Bonchev–Trinajstić information content (AvgIpc) is 2.74. The van der Waals surface area contributed by atoms with Crippen LogP contribution in [0.3, 0.4) is 0 Å². The predicted molar refractivity (Wildman–Crippen MR) is 85.6 cm³/mol. The Morgan fingerprint density at radius 2 is 2.20 bits per heavy atom. The second-order valence-electron chi connectivity index (χ2n) is 6.08. The summed E-state index contributed by atoms with van der Waals surface area (Å²) >= 11 is 1.83. The summed E-state index contributed by atoms with van der Waals surface area (Å²) in [4.78, 5) is 6.04. The van der Waals surface area contributed by atoms with E-state index in [2.05, 4.69) is 33.0 Å². The van der Waals surface area contributed by atoms with E-state index in [1.807, 2.05) is 11.3 Å². The van der Waals surface area contributed by atoms with Gasteiger partial charge in [0.1, 0.15) is 0 Å². The fourth-order valence-electron chi connectivity index (χ4n) is 2.85. The zero-order chi connectivity index (χ0) is 14.6. The SMILES string of the molecule is CCCNC(Cc1nc(C)c(C)s1)C1(C)CCCCO1. The molecule has 2 rings (SSSR count). The van der Waals surface area contributed by atoms with Crippen LogP contribution in [0.1, 0.15) is 55.1 Å². The van der Waals surface area contributed by atoms with Gasteiger partial charge in [-0.05, 0) is 53.0 Å². The quantitative estimate of drug-likeness (QED) is 0.870. The number of nitrogens with one attached hydrogen (secondary N) is 1. The lowest BCUT2D eigenvalue weighted by molar-refractivity contribution is -0.0883. The smallest absolute Gasteiger partial charge is 0.0947 e. The summed E-state index contributed by atoms with van der Waals surface area (Å²) in [5, 5.41) is 4.94. The first kappa shape index (κ1) is 15.9. The Hall–Kier alpha value is -0.450. The molecule has 4 heteroatoms. The first-order valence-corrected chi connectivity index (χ1v) is 8.67. The molecule has 0 spiro atoms. The first-order valence-electron chi connectivity index (χ1n) is 7.85. The van der Waals surface area contributed by atoms with Crippen molar-refractivity contribution in [2.45, 2.75) is 71.4 Å². The summed E-state index contributed by atoms with van der Waals surface area (Å²) in [6.45, 7) is 10.7. The van der Waals surface area contributed by atoms with Crippen molar-refractivity contribution in [2.75, 3.05) is 13.2 Å². The Kier molecular flexibility index (Phi) is 5.58. The fraction of sp³-hybridized carbons (Fsp3) is 0.812. The van der Waals surface area contributed by atoms with Gasteiger partial charge in [0.2, 0.25) is 0 Å². The van der Waals surface area contributed by atoms with Crippen LogP contribution in [0.15, 0.2) is 0 Å². The zero-order valence-corrected chi connectivity index (χ0v) is 14.1. The lowest BCUT2D eigenvalue weighted by Crippen LogP contribution is -2.53. The maximum atomic E-state index is 6.15. The summed E-state index contributed by atoms with van der Waals surface area (Å²) in [6.07, 6.45) is 5.76. The Bertz CT molecular complexity index is 405. The molecule has 0 aromatic carbocycles. The van der Waals surface area contributed by atoms with E-state index in [0.29, 0.717) is 6.04 Å². The van der Waals surface area contributed by atoms with E-state index in [4.69, 9.17) is 9.72 Å². The Morgan fingerprint density at radius 1 is 1.40 bits per heavy atom. The largest absolute Gasteiger partial charge is 0.374 e. The van der Waals surface area contributed by atoms with Crippen molar-refractivity contribution < 1.29 is 4.74 Å². The molecule has 0 saturated carbocycles. The van der Waals surface area contributed by atoms with Crippen molar-refractivity contribution in [1.82, 2.24) is 10.3 Å². The molecule has 0 bridgehead atoms. The van der Waals surface area contributed by atoms with Gasteiger partial charge in [0.25, 0.3) is 0 Å². The topological polar surface area (TPSA) is 34.2 Å². The molecule has 1 aliphatic rings. The lowest BCUT2D eigenvalue weighted by atomic mass is 9.86. The highest BCUT2D eigenvalue weighted by atomic mass is 32.1. The van der Waals surface area contributed by atoms with Crippen molar-refractivity contribution in [3.05, 3.63) is 15.6 Å². The van der Waals surface area contributed by atoms with E-state index in [1.165, 1.54) is 28.4 Å². The highest BCUT2D eigenvalue weighted by Gasteiger charge is 2.37. The Morgan fingerprint density at radius 3 is 2.75 bits per heavy atom. The van der Waals surface area contributed by atoms with Crippen LogP contribution in [0.2, 0.25) is 0 Å². The van der Waals surface area contributed by atoms with Gasteiger partial charge in [0, 0.05) is 23.9 Å². The monoisotopic (exact) mass is 296 g/mol. The Balaban J connectivity index is 2.09. The van der Waals surface area contributed by atoms with Crippen molar-refractivity contribution in [1.29, 1.82) is 0 Å². The average molecular weight is 296 g/mol. The highest BCUT2D eigenvalue weighted by molar-refractivity contribution is 7.11. The minimum Gasteiger partial charge on any atom is -0.374 e. The maximum absolute atomic E-state index is 6.15. The number of aromatic nitrogens is 1. The van der Waals surface area contributed by atoms with Gasteiger partial charge in [0.05, 0.1) is 16.3 Å². The van der Waals surface area contributed by atoms with Gasteiger partial charge in [-0.15, -0.1) is 11.3 Å². The standard InChI is InChI=1S/C16H28N2OS/c1-5-9-17-14(16(4)8-6-7-10-19-16)11-15-18-12(2)13(3)20-15/h14,17H,5-11H2,1-4H3. The molecule has 0 radical (unpaired) electrons. The number of hydrogen-bond donors (Lipinski definition) is 1. The maximum Gasteiger partial charge on any atom is 0.0947 e. The molecule has 0 aliphatic carbocycles. The van der Waals surface area contributed by atoms with E-state index in [9.17, 15) is 0 Å². The molecule has 1 N–H and O–H groups in total. The zero-order valence-electron chi connectivity index (χ0n) is 13.3. The van der Waals surface area contributed by atoms with Gasteiger partial charge in [-0.3, -0.25) is 0 Å². The van der Waals surface area contributed by atoms with E-state index in [0.717, 1.165) is 32.4 Å². The van der Waals surface area contributed by atoms with Gasteiger partial charge in [0.15, 0.2) is 0 Å². The van der Waals surface area contributed by atoms with E-state index >= 15 is 0 Å². The number of ether oxygens (including phenoxy) is 1. The van der Waals surface area contributed by atoms with Crippen LogP contribution in [0.5, 0.6) is 0 Å². The molecule has 3 nitrogen and oxygen atoms in total. The van der Waals surface area contributed by atoms with E-state index in [1.54, 1.807) is 0 Å². The molecule has 1 aromatic rings. The van der Waals surface area contributed by atoms with Crippen LogP contribution in [0, 0.1) is 13.8 Å². The predicted octanol–water partition coefficient (Wildman–Crippen LogP) is 3.63. The molecule has 1 aromatic heterocycles. The second-order valence-corrected chi connectivity index (χ2v) is 7.37. The molecule has 2 unspecified atom stereocenters. The van der Waals surface area contributed by atoms with Crippen molar-refractivity contribution in [3.8, 4) is 0 Å². The van der Waals surface area contributed by atoms with Gasteiger partial charge in [-0.25, -0.2) is 4.98 Å². The van der Waals surface area contributed by atoms with Crippen molar-refractivity contribution >= 4 is 11.3 Å². The third-order valence-corrected chi connectivity index (χ3v) is 5.42. The number of nitrogens with zero attached hydrogens (tertiary/aromatic N) is 1. The molecule has 1 saturated heterocycles. The molecular formula is C16H28N2OS. The Labute approximate surface area is 127 Å². The highest BCUT2D eigenvalue weighted by Crippen LogP contribution is 2.30. The number of rotatable bonds is 6. The molecule has 1 aliphatic heterocycles. The van der Waals surface area contributed by atoms with Gasteiger partial charge in [-0.2, -0.15) is 0 Å². The van der Waals surface area contributed by atoms with Crippen molar-refractivity contribution in [3.63, 3.8) is 0 Å². The van der Waals surface area contributed by atoms with E-state index in [-0.39, 0.29) is 5.60 Å². The van der Waals surface area contributed by atoms with Crippen LogP contribution in [0.4, 0.5) is 0 Å². The van der Waals surface area contributed by atoms with Crippen LogP contribution in [0.25, 0.3) is 0 Å². The van der Waals surface area contributed by atoms with Gasteiger partial charge >= 0.3 is 0 Å². The minimum absolute atomic E-state index is 0.0408. The number of hydrogen-bond acceptors (Lipinski definition) is 4. The van der Waals surface area contributed by atoms with Crippen LogP contribution < -0.4 is 5.32 Å². The molecule has 114 valence electrons. The molecule has 2 atom stereocenters. The first-order chi connectivity index (χ1) is 9.55. The van der Waals surface area contributed by atoms with Crippen LogP contribution in [-0.4, -0.2) is 29.8 Å². The summed E-state index contributed by atoms with van der Waals surface area (Å²) < 4.78 is 6.15. The number of thiazole rings is 1. The lowest BCUT2D eigenvalue weighted by Gasteiger charge is -2.41. The molecule has 20 heavy (non-hydrogen) atoms. The third-order valence-electron chi connectivity index (χ3n) is 4.33. The van der Waals surface area contributed by atoms with Crippen molar-refractivity contribution in [2.24, 2.45) is 0 Å². The third kappa shape index (κ3) is 3.80. The summed E-state index contributed by atoms with van der Waals surface area (Å²) in [6, 6.07) is 0.368. The molecular weight excluding hydrogens is 268 g/mol. The van der Waals surface area contributed by atoms with E-state index < -0.39 is 0 Å². The van der Waals surface area contributed by atoms with Gasteiger partial charge in [-0.1, -0.05) is 6.92 Å². The fourth-order valence-corrected chi connectivity index (χ4v) is 3.83. The summed E-state index contributed by atoms with van der Waals surface area (Å²) in [7, 11) is 0. The summed E-state index contributed by atoms with van der Waals surface area (Å²) in [5.74, 6) is 0. The summed E-state index contributed by atoms with van der Waals surface area (Å²) in [5.41, 5.74) is 1.13. The minimum atomic E-state index is -0.0408. The second kappa shape index (κ2) is 7.01. The van der Waals surface area contributed by atoms with Crippen LogP contribution in [-0.2, 0) is 11.2 Å². The molecule has 2 heterocycles. The molecule has 1 fully saturated rings. The molecule has 0 amide bonds. The van der Waals surface area contributed by atoms with Gasteiger partial charge < -0.3 is 10.1 Å². The number of aryl methyl sites for hydroxylation is 2. The van der Waals surface area contributed by atoms with Crippen LogP contribution >= 0.6 is 11.3 Å².